The highest BCUT2D eigenvalue weighted by Gasteiger charge is 2.27. The molecule has 4 rings (SSSR count). The number of fused-ring (bicyclic) bond motifs is 1. The molecule has 0 atom stereocenters. The van der Waals surface area contributed by atoms with Gasteiger partial charge in [0.05, 0.1) is 12.8 Å². The molecule has 0 aliphatic carbocycles. The highest BCUT2D eigenvalue weighted by molar-refractivity contribution is 5.98. The van der Waals surface area contributed by atoms with Gasteiger partial charge in [-0.25, -0.2) is 4.79 Å². The summed E-state index contributed by atoms with van der Waals surface area (Å²) in [6, 6.07) is 18.9. The molecule has 2 amide bonds. The van der Waals surface area contributed by atoms with Crippen LogP contribution in [0.1, 0.15) is 18.1 Å². The van der Waals surface area contributed by atoms with Crippen molar-refractivity contribution in [2.75, 3.05) is 49.6 Å². The van der Waals surface area contributed by atoms with E-state index in [1.54, 1.807) is 7.11 Å². The molecule has 0 N–H and O–H groups in total. The predicted octanol–water partition coefficient (Wildman–Crippen LogP) is 5.23. The van der Waals surface area contributed by atoms with E-state index in [4.69, 9.17) is 4.74 Å². The molecule has 5 nitrogen and oxygen atoms in total. The van der Waals surface area contributed by atoms with Gasteiger partial charge in [-0.15, -0.1) is 0 Å². The van der Waals surface area contributed by atoms with Crippen molar-refractivity contribution in [3.05, 3.63) is 65.7 Å². The molecular formula is C26H31N3O2. The molecule has 31 heavy (non-hydrogen) atoms. The summed E-state index contributed by atoms with van der Waals surface area (Å²) >= 11 is 0. The van der Waals surface area contributed by atoms with Gasteiger partial charge >= 0.3 is 6.03 Å². The highest BCUT2D eigenvalue weighted by atomic mass is 16.5. The molecule has 0 unspecified atom stereocenters. The molecule has 162 valence electrons. The Kier molecular flexibility index (Phi) is 6.03. The van der Waals surface area contributed by atoms with Crippen LogP contribution in [-0.4, -0.2) is 50.8 Å². The van der Waals surface area contributed by atoms with Crippen LogP contribution in [0.2, 0.25) is 0 Å². The lowest BCUT2D eigenvalue weighted by molar-refractivity contribution is 0.201. The minimum absolute atomic E-state index is 0.0381. The Hall–Kier alpha value is -3.21. The number of urea groups is 1. The zero-order valence-electron chi connectivity index (χ0n) is 18.9. The zero-order chi connectivity index (χ0) is 22.0. The van der Waals surface area contributed by atoms with Crippen molar-refractivity contribution in [1.82, 2.24) is 4.90 Å². The van der Waals surface area contributed by atoms with Gasteiger partial charge in [-0.1, -0.05) is 30.3 Å². The maximum atomic E-state index is 13.5. The first-order chi connectivity index (χ1) is 15.0. The number of anilines is 2. The number of rotatable bonds is 4. The van der Waals surface area contributed by atoms with Gasteiger partial charge in [-0.2, -0.15) is 0 Å². The van der Waals surface area contributed by atoms with Crippen molar-refractivity contribution in [1.29, 1.82) is 0 Å². The molecule has 0 spiro atoms. The Bertz CT molecular complexity index is 1070. The molecule has 5 heteroatoms. The van der Waals surface area contributed by atoms with Gasteiger partial charge in [0.2, 0.25) is 0 Å². The standard InChI is InChI=1S/C26H31N3O2/c1-5-29(24-17-21-8-6-7-9-22(21)18-25(24)31-4)26(30)28-12-10-27(11-13-28)23-15-19(2)14-20(3)16-23/h6-9,14-18H,5,10-13H2,1-4H3. The van der Waals surface area contributed by atoms with Crippen LogP contribution in [-0.2, 0) is 0 Å². The molecule has 0 saturated carbocycles. The average Bonchev–Trinajstić information content (AvgIpc) is 2.78. The topological polar surface area (TPSA) is 36.0 Å². The normalized spacial score (nSPS) is 14.1. The van der Waals surface area contributed by atoms with Crippen molar-refractivity contribution >= 4 is 28.2 Å². The fourth-order valence-corrected chi connectivity index (χ4v) is 4.45. The number of aryl methyl sites for hydroxylation is 2. The van der Waals surface area contributed by atoms with E-state index in [2.05, 4.69) is 55.1 Å². The third kappa shape index (κ3) is 4.31. The number of piperazine rings is 1. The minimum atomic E-state index is 0.0381. The molecule has 0 bridgehead atoms. The van der Waals surface area contributed by atoms with E-state index in [0.29, 0.717) is 19.6 Å². The van der Waals surface area contributed by atoms with Crippen LogP contribution < -0.4 is 14.5 Å². The summed E-state index contributed by atoms with van der Waals surface area (Å²) in [5.74, 6) is 0.725. The van der Waals surface area contributed by atoms with E-state index in [0.717, 1.165) is 35.3 Å². The molecule has 1 heterocycles. The van der Waals surface area contributed by atoms with Gasteiger partial charge in [-0.05, 0) is 66.9 Å². The maximum Gasteiger partial charge on any atom is 0.324 e. The zero-order valence-corrected chi connectivity index (χ0v) is 18.9. The first kappa shape index (κ1) is 21.0. The number of hydrogen-bond donors (Lipinski definition) is 0. The number of nitrogens with zero attached hydrogens (tertiary/aromatic N) is 3. The van der Waals surface area contributed by atoms with Crippen LogP contribution in [0, 0.1) is 13.8 Å². The van der Waals surface area contributed by atoms with Crippen LogP contribution in [0.5, 0.6) is 5.75 Å². The summed E-state index contributed by atoms with van der Waals surface area (Å²) < 4.78 is 5.65. The van der Waals surface area contributed by atoms with E-state index >= 15 is 0 Å². The minimum Gasteiger partial charge on any atom is -0.495 e. The number of benzene rings is 3. The molecule has 1 fully saturated rings. The summed E-state index contributed by atoms with van der Waals surface area (Å²) in [6.07, 6.45) is 0. The fourth-order valence-electron chi connectivity index (χ4n) is 4.45. The molecule has 3 aromatic rings. The van der Waals surface area contributed by atoms with Gasteiger partial charge in [0.1, 0.15) is 5.75 Å². The number of hydrogen-bond acceptors (Lipinski definition) is 3. The Morgan fingerprint density at radius 3 is 2.13 bits per heavy atom. The second kappa shape index (κ2) is 8.88. The molecule has 0 radical (unpaired) electrons. The van der Waals surface area contributed by atoms with Crippen molar-refractivity contribution in [3.63, 3.8) is 0 Å². The van der Waals surface area contributed by atoms with Crippen LogP contribution in [0.3, 0.4) is 0 Å². The van der Waals surface area contributed by atoms with E-state index in [1.165, 1.54) is 16.8 Å². The summed E-state index contributed by atoms with van der Waals surface area (Å²) in [6.45, 7) is 9.94. The fraction of sp³-hybridized carbons (Fsp3) is 0.346. The monoisotopic (exact) mass is 417 g/mol. The largest absolute Gasteiger partial charge is 0.495 e. The summed E-state index contributed by atoms with van der Waals surface area (Å²) in [7, 11) is 1.66. The third-order valence-corrected chi connectivity index (χ3v) is 6.01. The van der Waals surface area contributed by atoms with Gasteiger partial charge in [-0.3, -0.25) is 4.90 Å². The third-order valence-electron chi connectivity index (χ3n) is 6.01. The van der Waals surface area contributed by atoms with E-state index in [-0.39, 0.29) is 6.03 Å². The SMILES string of the molecule is CCN(C(=O)N1CCN(c2cc(C)cc(C)c2)CC1)c1cc2ccccc2cc1OC. The Labute approximate surface area is 184 Å². The number of methoxy groups -OCH3 is 1. The van der Waals surface area contributed by atoms with Crippen LogP contribution in [0.25, 0.3) is 10.8 Å². The quantitative estimate of drug-likeness (QED) is 0.583. The number of carbonyl (C=O) groups excluding carboxylic acids is 1. The molecule has 1 aliphatic heterocycles. The molecular weight excluding hydrogens is 386 g/mol. The van der Waals surface area contributed by atoms with Crippen LogP contribution in [0.4, 0.5) is 16.2 Å². The lowest BCUT2D eigenvalue weighted by Crippen LogP contribution is -2.53. The molecule has 1 saturated heterocycles. The molecule has 3 aromatic carbocycles. The maximum absolute atomic E-state index is 13.5. The Morgan fingerprint density at radius 1 is 0.935 bits per heavy atom. The summed E-state index contributed by atoms with van der Waals surface area (Å²) in [5, 5.41) is 2.21. The van der Waals surface area contributed by atoms with E-state index in [1.807, 2.05) is 34.9 Å². The van der Waals surface area contributed by atoms with E-state index in [9.17, 15) is 4.79 Å². The average molecular weight is 418 g/mol. The van der Waals surface area contributed by atoms with Crippen molar-refractivity contribution in [2.24, 2.45) is 0 Å². The first-order valence-electron chi connectivity index (χ1n) is 11.0. The van der Waals surface area contributed by atoms with Gasteiger partial charge in [0.25, 0.3) is 0 Å². The summed E-state index contributed by atoms with van der Waals surface area (Å²) in [4.78, 5) is 19.6. The first-order valence-corrected chi connectivity index (χ1v) is 11.0. The van der Waals surface area contributed by atoms with Crippen LogP contribution >= 0.6 is 0 Å². The molecule has 1 aliphatic rings. The predicted molar refractivity (Wildman–Crippen MR) is 129 cm³/mol. The Morgan fingerprint density at radius 2 is 1.55 bits per heavy atom. The van der Waals surface area contributed by atoms with Gasteiger partial charge < -0.3 is 14.5 Å². The summed E-state index contributed by atoms with van der Waals surface area (Å²) in [5.41, 5.74) is 4.61. The van der Waals surface area contributed by atoms with Crippen molar-refractivity contribution in [2.45, 2.75) is 20.8 Å². The van der Waals surface area contributed by atoms with Crippen molar-refractivity contribution in [3.8, 4) is 5.75 Å². The lowest BCUT2D eigenvalue weighted by atomic mass is 10.1. The van der Waals surface area contributed by atoms with Crippen LogP contribution in [0.15, 0.2) is 54.6 Å². The highest BCUT2D eigenvalue weighted by Crippen LogP contribution is 2.34. The second-order valence-corrected chi connectivity index (χ2v) is 8.22. The van der Waals surface area contributed by atoms with Gasteiger partial charge in [0.15, 0.2) is 0 Å². The second-order valence-electron chi connectivity index (χ2n) is 8.22. The number of amides is 2. The Balaban J connectivity index is 1.53. The lowest BCUT2D eigenvalue weighted by Gasteiger charge is -2.38. The number of carbonyl (C=O) groups is 1. The van der Waals surface area contributed by atoms with Gasteiger partial charge in [0, 0.05) is 38.4 Å². The smallest absolute Gasteiger partial charge is 0.324 e. The number of ether oxygens (including phenoxy) is 1. The molecule has 0 aromatic heterocycles. The van der Waals surface area contributed by atoms with E-state index < -0.39 is 0 Å². The van der Waals surface area contributed by atoms with Crippen molar-refractivity contribution < 1.29 is 9.53 Å².